The number of carboxylic acids is 1. The number of aromatic nitrogens is 6. The van der Waals surface area contributed by atoms with Gasteiger partial charge < -0.3 is 9.67 Å². The minimum absolute atomic E-state index is 0.103. The van der Waals surface area contributed by atoms with Crippen LogP contribution in [0, 0.1) is 0 Å². The lowest BCUT2D eigenvalue weighted by Crippen LogP contribution is -2.12. The standard InChI is InChI=1S/C21H22N6O2/c1-2-3-4-12-18-22-20-15(10-7-11-17(20)27(18)13-19(28)29)14-8-5-6-9-16(14)21-23-25-26-24-21/h5-11H,2-4,12-13H2,1H3,(H,28,29)(H,23,24,25,26). The van der Waals surface area contributed by atoms with E-state index in [0.29, 0.717) is 5.82 Å². The van der Waals surface area contributed by atoms with Crippen molar-refractivity contribution in [2.24, 2.45) is 0 Å². The fourth-order valence-corrected chi connectivity index (χ4v) is 3.64. The third-order valence-electron chi connectivity index (χ3n) is 4.96. The molecule has 0 aliphatic rings. The van der Waals surface area contributed by atoms with E-state index in [0.717, 1.165) is 59.2 Å². The zero-order valence-corrected chi connectivity index (χ0v) is 16.2. The number of nitrogens with zero attached hydrogens (tertiary/aromatic N) is 5. The highest BCUT2D eigenvalue weighted by molar-refractivity contribution is 5.97. The second-order valence-corrected chi connectivity index (χ2v) is 6.92. The van der Waals surface area contributed by atoms with E-state index in [9.17, 15) is 9.90 Å². The summed E-state index contributed by atoms with van der Waals surface area (Å²) in [6, 6.07) is 13.7. The number of hydrogen-bond acceptors (Lipinski definition) is 5. The number of para-hydroxylation sites is 1. The number of aryl methyl sites for hydroxylation is 1. The number of aromatic amines is 1. The summed E-state index contributed by atoms with van der Waals surface area (Å²) < 4.78 is 1.81. The molecule has 148 valence electrons. The van der Waals surface area contributed by atoms with Gasteiger partial charge in [-0.05, 0) is 23.3 Å². The van der Waals surface area contributed by atoms with Crippen molar-refractivity contribution in [3.8, 4) is 22.5 Å². The molecule has 29 heavy (non-hydrogen) atoms. The van der Waals surface area contributed by atoms with Gasteiger partial charge in [-0.25, -0.2) is 4.98 Å². The third kappa shape index (κ3) is 3.73. The Morgan fingerprint density at radius 2 is 1.86 bits per heavy atom. The minimum Gasteiger partial charge on any atom is -0.480 e. The molecule has 0 unspecified atom stereocenters. The Labute approximate surface area is 167 Å². The first kappa shape index (κ1) is 18.8. The van der Waals surface area contributed by atoms with E-state index in [2.05, 4.69) is 27.5 Å². The van der Waals surface area contributed by atoms with Crippen LogP contribution < -0.4 is 0 Å². The average Bonchev–Trinajstić information content (AvgIpc) is 3.37. The molecule has 0 bridgehead atoms. The number of nitrogens with one attached hydrogen (secondary N) is 1. The van der Waals surface area contributed by atoms with E-state index in [1.807, 2.05) is 47.0 Å². The van der Waals surface area contributed by atoms with Gasteiger partial charge in [0.15, 0.2) is 0 Å². The smallest absolute Gasteiger partial charge is 0.323 e. The van der Waals surface area contributed by atoms with E-state index in [1.54, 1.807) is 0 Å². The molecule has 0 spiro atoms. The highest BCUT2D eigenvalue weighted by Gasteiger charge is 2.18. The summed E-state index contributed by atoms with van der Waals surface area (Å²) >= 11 is 0. The Morgan fingerprint density at radius 3 is 2.59 bits per heavy atom. The Morgan fingerprint density at radius 1 is 1.07 bits per heavy atom. The molecule has 0 fully saturated rings. The summed E-state index contributed by atoms with van der Waals surface area (Å²) in [6.07, 6.45) is 3.92. The molecule has 0 radical (unpaired) electrons. The van der Waals surface area contributed by atoms with Crippen LogP contribution in [-0.2, 0) is 17.8 Å². The predicted octanol–water partition coefficient (Wildman–Crippen LogP) is 3.70. The van der Waals surface area contributed by atoms with E-state index in [4.69, 9.17) is 4.98 Å². The van der Waals surface area contributed by atoms with Crippen molar-refractivity contribution in [1.29, 1.82) is 0 Å². The molecule has 0 aliphatic heterocycles. The number of tetrazole rings is 1. The molecule has 2 aromatic heterocycles. The summed E-state index contributed by atoms with van der Waals surface area (Å²) in [4.78, 5) is 16.4. The molecule has 2 N–H and O–H groups in total. The van der Waals surface area contributed by atoms with Gasteiger partial charge >= 0.3 is 5.97 Å². The quantitative estimate of drug-likeness (QED) is 0.444. The molecule has 0 saturated carbocycles. The lowest BCUT2D eigenvalue weighted by molar-refractivity contribution is -0.137. The Bertz CT molecular complexity index is 1130. The predicted molar refractivity (Wildman–Crippen MR) is 109 cm³/mol. The fourth-order valence-electron chi connectivity index (χ4n) is 3.64. The maximum atomic E-state index is 11.5. The van der Waals surface area contributed by atoms with Crippen LogP contribution in [0.25, 0.3) is 33.5 Å². The number of carbonyl (C=O) groups is 1. The van der Waals surface area contributed by atoms with Crippen LogP contribution in [0.1, 0.15) is 32.0 Å². The van der Waals surface area contributed by atoms with E-state index in [1.165, 1.54) is 0 Å². The van der Waals surface area contributed by atoms with Crippen LogP contribution >= 0.6 is 0 Å². The van der Waals surface area contributed by atoms with Gasteiger partial charge in [-0.1, -0.05) is 56.2 Å². The molecule has 2 heterocycles. The monoisotopic (exact) mass is 390 g/mol. The van der Waals surface area contributed by atoms with Crippen molar-refractivity contribution in [3.05, 3.63) is 48.3 Å². The van der Waals surface area contributed by atoms with Gasteiger partial charge in [-0.2, -0.15) is 5.21 Å². The van der Waals surface area contributed by atoms with Gasteiger partial charge in [0.1, 0.15) is 12.4 Å². The molecule has 2 aromatic carbocycles. The molecule has 0 amide bonds. The number of rotatable bonds is 8. The SMILES string of the molecule is CCCCCc1nc2c(-c3ccccc3-c3nn[nH]n3)cccc2n1CC(=O)O. The van der Waals surface area contributed by atoms with Crippen molar-refractivity contribution >= 4 is 17.0 Å². The fraction of sp³-hybridized carbons (Fsp3) is 0.286. The largest absolute Gasteiger partial charge is 0.480 e. The summed E-state index contributed by atoms with van der Waals surface area (Å²) in [7, 11) is 0. The molecule has 0 atom stereocenters. The van der Waals surface area contributed by atoms with Crippen molar-refractivity contribution in [2.45, 2.75) is 39.2 Å². The Kier molecular flexibility index (Phi) is 5.33. The summed E-state index contributed by atoms with van der Waals surface area (Å²) in [5, 5.41) is 23.8. The van der Waals surface area contributed by atoms with Crippen molar-refractivity contribution in [2.75, 3.05) is 0 Å². The summed E-state index contributed by atoms with van der Waals surface area (Å²) in [5.74, 6) is 0.435. The van der Waals surface area contributed by atoms with E-state index >= 15 is 0 Å². The highest BCUT2D eigenvalue weighted by Crippen LogP contribution is 2.34. The molecular formula is C21H22N6O2. The normalized spacial score (nSPS) is 11.2. The van der Waals surface area contributed by atoms with Gasteiger partial charge in [0.2, 0.25) is 5.82 Å². The number of H-pyrrole nitrogens is 1. The van der Waals surface area contributed by atoms with Gasteiger partial charge in [0, 0.05) is 17.5 Å². The summed E-state index contributed by atoms with van der Waals surface area (Å²) in [6.45, 7) is 2.04. The first-order chi connectivity index (χ1) is 14.2. The van der Waals surface area contributed by atoms with Gasteiger partial charge in [-0.3, -0.25) is 4.79 Å². The maximum Gasteiger partial charge on any atom is 0.323 e. The first-order valence-electron chi connectivity index (χ1n) is 9.72. The average molecular weight is 390 g/mol. The lowest BCUT2D eigenvalue weighted by atomic mass is 9.98. The zero-order valence-electron chi connectivity index (χ0n) is 16.2. The van der Waals surface area contributed by atoms with Crippen molar-refractivity contribution in [3.63, 3.8) is 0 Å². The number of fused-ring (bicyclic) bond motifs is 1. The number of carboxylic acid groups (broad SMARTS) is 1. The van der Waals surface area contributed by atoms with Crippen LogP contribution in [0.4, 0.5) is 0 Å². The van der Waals surface area contributed by atoms with E-state index < -0.39 is 5.97 Å². The molecule has 4 rings (SSSR count). The molecule has 8 nitrogen and oxygen atoms in total. The van der Waals surface area contributed by atoms with Crippen molar-refractivity contribution in [1.82, 2.24) is 30.2 Å². The second kappa shape index (κ2) is 8.22. The number of imidazole rings is 1. The van der Waals surface area contributed by atoms with E-state index in [-0.39, 0.29) is 6.54 Å². The third-order valence-corrected chi connectivity index (χ3v) is 4.96. The topological polar surface area (TPSA) is 110 Å². The number of benzene rings is 2. The van der Waals surface area contributed by atoms with Crippen LogP contribution in [0.15, 0.2) is 42.5 Å². The van der Waals surface area contributed by atoms with Gasteiger partial charge in [-0.15, -0.1) is 10.2 Å². The molecule has 0 aliphatic carbocycles. The molecule has 0 saturated heterocycles. The molecular weight excluding hydrogens is 368 g/mol. The van der Waals surface area contributed by atoms with Gasteiger partial charge in [0.05, 0.1) is 11.0 Å². The maximum absolute atomic E-state index is 11.5. The molecule has 4 aromatic rings. The highest BCUT2D eigenvalue weighted by atomic mass is 16.4. The van der Waals surface area contributed by atoms with Crippen LogP contribution in [0.2, 0.25) is 0 Å². The van der Waals surface area contributed by atoms with Crippen LogP contribution in [0.5, 0.6) is 0 Å². The minimum atomic E-state index is -0.876. The van der Waals surface area contributed by atoms with Crippen molar-refractivity contribution < 1.29 is 9.90 Å². The summed E-state index contributed by atoms with van der Waals surface area (Å²) in [5.41, 5.74) is 4.30. The van der Waals surface area contributed by atoms with Crippen LogP contribution in [0.3, 0.4) is 0 Å². The lowest BCUT2D eigenvalue weighted by Gasteiger charge is -2.08. The molecule has 8 heteroatoms. The van der Waals surface area contributed by atoms with Gasteiger partial charge in [0.25, 0.3) is 0 Å². The number of unbranched alkanes of at least 4 members (excludes halogenated alkanes) is 2. The Hall–Kier alpha value is -3.55. The first-order valence-corrected chi connectivity index (χ1v) is 9.72. The van der Waals surface area contributed by atoms with Crippen LogP contribution in [-0.4, -0.2) is 41.3 Å². The number of aliphatic carboxylic acids is 1. The zero-order chi connectivity index (χ0) is 20.2. The Balaban J connectivity index is 1.88. The second-order valence-electron chi connectivity index (χ2n) is 6.92. The number of hydrogen-bond donors (Lipinski definition) is 2.